The molecule has 7 N–H and O–H groups in total. The molecule has 10 aromatic heterocycles. The zero-order valence-electron chi connectivity index (χ0n) is 68.7. The van der Waals surface area contributed by atoms with Gasteiger partial charge in [0.05, 0.1) is 92.0 Å². The molecular weight excluding hydrogens is 2060 g/mol. The number of rotatable bonds is 20. The third kappa shape index (κ3) is 21.7. The normalized spacial score (nSPS) is 11.4. The van der Waals surface area contributed by atoms with Crippen molar-refractivity contribution in [2.45, 2.75) is 21.6 Å². The van der Waals surface area contributed by atoms with E-state index in [0.29, 0.717) is 90.1 Å². The topological polar surface area (TPSA) is 346 Å². The standard InChI is InChI=1S/C20H18BrN5O2S.C19H14BrClN4O2S.C18H12BrClN4.C18H13BrN4O3S.C18H12ClFN4/c1-2-23-29(27,28)16-10-8-15(9-11-16)24-19-12-18(14-6-4-3-5-7-14)25-20-17(21)13-22-26(19)20;1-28(26,27)13-8-6-12(7-9-13)23-18-10-17(14-4-2-3-5-16(14)21)24-19-15(20)11-22-25(18)19;19-14-11-21-24-17(22-12-6-2-1-3-7-12)10-16(23-18(14)24)13-8-4-5-9-15(13)20;19-15-11-20-23-17(21-13-6-8-14(9-7-13)27(24,25)26)10-16(22-18(15)23)12-4-2-1-3-5-12;19-14-11-21-24-17(22-12-6-2-1-3-7-12)10-16(23-18(14)24)13-8-4-5-9-15(13)20/h3-13,23-24H,2H2,1H3;2-11,23H,1H3;1-11,22H;1-11,21H,(H,24,25,26);1-11,22H. The van der Waals surface area contributed by atoms with Crippen molar-refractivity contribution < 1.29 is 34.2 Å². The smallest absolute Gasteiger partial charge is 0.294 e. The molecule has 20 aromatic rings. The molecule has 132 heavy (non-hydrogen) atoms. The zero-order valence-corrected chi connectivity index (χ0v) is 79.8. The molecule has 0 bridgehead atoms. The number of sulfone groups is 1. The van der Waals surface area contributed by atoms with E-state index in [1.54, 1.807) is 139 Å². The molecule has 28 nitrogen and oxygen atoms in total. The first-order chi connectivity index (χ1) is 63.7. The van der Waals surface area contributed by atoms with Crippen molar-refractivity contribution >= 4 is 214 Å². The van der Waals surface area contributed by atoms with E-state index in [1.807, 2.05) is 194 Å². The van der Waals surface area contributed by atoms with Gasteiger partial charge in [-0.15, -0.1) is 0 Å². The monoisotopic (exact) mass is 2130 g/mol. The van der Waals surface area contributed by atoms with Gasteiger partial charge in [0.2, 0.25) is 10.0 Å². The van der Waals surface area contributed by atoms with Crippen LogP contribution in [0.1, 0.15) is 6.92 Å². The average Bonchev–Trinajstić information content (AvgIpc) is 1.68. The Morgan fingerprint density at radius 2 is 0.606 bits per heavy atom. The minimum Gasteiger partial charge on any atom is -0.340 e. The van der Waals surface area contributed by atoms with E-state index in [0.717, 1.165) is 91.4 Å². The van der Waals surface area contributed by atoms with E-state index in [9.17, 15) is 29.6 Å². The van der Waals surface area contributed by atoms with E-state index < -0.39 is 30.0 Å². The molecule has 0 aliphatic heterocycles. The number of hydrogen-bond acceptors (Lipinski definition) is 21. The third-order valence-electron chi connectivity index (χ3n) is 19.6. The fraction of sp³-hybridized carbons (Fsp3) is 0.0323. The Bertz CT molecular complexity index is 7810. The molecule has 0 saturated carbocycles. The largest absolute Gasteiger partial charge is 0.340 e. The zero-order chi connectivity index (χ0) is 92.4. The van der Waals surface area contributed by atoms with Crippen LogP contribution in [0.5, 0.6) is 0 Å². The molecular formula is C93H69Br4Cl3FN21O7S3. The molecule has 0 aliphatic carbocycles. The lowest BCUT2D eigenvalue weighted by molar-refractivity contribution is 0.483. The van der Waals surface area contributed by atoms with Gasteiger partial charge in [-0.25, -0.2) is 50.9 Å². The molecule has 0 saturated heterocycles. The number of benzene rings is 10. The highest BCUT2D eigenvalue weighted by Gasteiger charge is 2.22. The molecule has 0 atom stereocenters. The maximum absolute atomic E-state index is 14.1. The van der Waals surface area contributed by atoms with Crippen molar-refractivity contribution in [3.8, 4) is 56.3 Å². The summed E-state index contributed by atoms with van der Waals surface area (Å²) in [5.74, 6) is 3.16. The van der Waals surface area contributed by atoms with Gasteiger partial charge in [-0.3, -0.25) is 4.55 Å². The lowest BCUT2D eigenvalue weighted by Crippen LogP contribution is -2.22. The second kappa shape index (κ2) is 40.7. The van der Waals surface area contributed by atoms with E-state index in [2.05, 4.69) is 135 Å². The molecule has 10 aromatic carbocycles. The Morgan fingerprint density at radius 3 is 0.955 bits per heavy atom. The van der Waals surface area contributed by atoms with Gasteiger partial charge in [-0.2, -0.15) is 56.5 Å². The fourth-order valence-electron chi connectivity index (χ4n) is 13.3. The van der Waals surface area contributed by atoms with Gasteiger partial charge < -0.3 is 26.6 Å². The van der Waals surface area contributed by atoms with Gasteiger partial charge >= 0.3 is 0 Å². The van der Waals surface area contributed by atoms with Crippen molar-refractivity contribution in [1.82, 2.24) is 77.7 Å². The Kier molecular flexibility index (Phi) is 28.4. The number of anilines is 10. The van der Waals surface area contributed by atoms with E-state index in [4.69, 9.17) is 49.3 Å². The predicted molar refractivity (Wildman–Crippen MR) is 530 cm³/mol. The predicted octanol–water partition coefficient (Wildman–Crippen LogP) is 23.8. The Balaban J connectivity index is 0.000000121. The summed E-state index contributed by atoms with van der Waals surface area (Å²) in [5, 5.41) is 39.8. The molecule has 0 amide bonds. The summed E-state index contributed by atoms with van der Waals surface area (Å²) in [5.41, 5.74) is 14.7. The van der Waals surface area contributed by atoms with Gasteiger partial charge in [0, 0.05) is 109 Å². The third-order valence-corrected chi connectivity index (χ3v) is 26.3. The van der Waals surface area contributed by atoms with Crippen molar-refractivity contribution in [3.05, 3.63) is 367 Å². The maximum Gasteiger partial charge on any atom is 0.294 e. The summed E-state index contributed by atoms with van der Waals surface area (Å²) in [7, 11) is -11.0. The van der Waals surface area contributed by atoms with Gasteiger partial charge in [0.1, 0.15) is 39.9 Å². The van der Waals surface area contributed by atoms with E-state index in [-0.39, 0.29) is 20.5 Å². The summed E-state index contributed by atoms with van der Waals surface area (Å²) in [6.07, 6.45) is 9.44. The molecule has 0 spiro atoms. The summed E-state index contributed by atoms with van der Waals surface area (Å²) in [6.45, 7) is 2.09. The van der Waals surface area contributed by atoms with Crippen LogP contribution in [0, 0.1) is 5.82 Å². The average molecular weight is 2130 g/mol. The minimum absolute atomic E-state index is 0.167. The van der Waals surface area contributed by atoms with Crippen molar-refractivity contribution in [1.29, 1.82) is 0 Å². The summed E-state index contributed by atoms with van der Waals surface area (Å²) >= 11 is 32.8. The first-order valence-corrected chi connectivity index (χ1v) is 48.8. The summed E-state index contributed by atoms with van der Waals surface area (Å²) in [4.78, 5) is 23.5. The van der Waals surface area contributed by atoms with Crippen LogP contribution in [-0.4, -0.2) is 116 Å². The molecule has 0 aliphatic rings. The molecule has 10 heterocycles. The summed E-state index contributed by atoms with van der Waals surface area (Å²) in [6, 6.07) is 89.0. The lowest BCUT2D eigenvalue weighted by Gasteiger charge is -2.12. The second-order valence-corrected chi connectivity index (χ2v) is 38.5. The van der Waals surface area contributed by atoms with E-state index in [1.165, 1.54) is 30.7 Å². The van der Waals surface area contributed by atoms with Crippen LogP contribution in [0.2, 0.25) is 15.1 Å². The van der Waals surface area contributed by atoms with Crippen molar-refractivity contribution in [3.63, 3.8) is 0 Å². The van der Waals surface area contributed by atoms with Gasteiger partial charge in [-0.05, 0) is 185 Å². The van der Waals surface area contributed by atoms with Crippen LogP contribution in [0.25, 0.3) is 84.5 Å². The molecule has 0 radical (unpaired) electrons. The van der Waals surface area contributed by atoms with Crippen LogP contribution in [0.4, 0.5) is 61.9 Å². The molecule has 662 valence electrons. The highest BCUT2D eigenvalue weighted by molar-refractivity contribution is 9.11. The molecule has 0 fully saturated rings. The SMILES string of the molecule is CCNS(=O)(=O)c1ccc(Nc2cc(-c3ccccc3)nc3c(Br)cnn23)cc1.CS(=O)(=O)c1ccc(Nc2cc(-c3ccccc3Cl)nc3c(Br)cnn23)cc1.Clc1ccccc1-c1cc(Nc2ccccc2)n2ncc(Br)c2n1.Fc1ccccc1-c1cc(Nc2ccccc2)n2ncc(Cl)c2n1.O=S(=O)(O)c1ccc(Nc2cc(-c3ccccc3)nc3c(Br)cnn23)cc1. The molecule has 20 rings (SSSR count). The second-order valence-electron chi connectivity index (χ2n) is 28.6. The summed E-state index contributed by atoms with van der Waals surface area (Å²) < 4.78 is 107. The number of nitrogens with one attached hydrogen (secondary N) is 6. The highest BCUT2D eigenvalue weighted by atomic mass is 79.9. The van der Waals surface area contributed by atoms with Crippen LogP contribution in [-0.2, 0) is 30.0 Å². The van der Waals surface area contributed by atoms with Crippen LogP contribution in [0.3, 0.4) is 0 Å². The number of hydrogen-bond donors (Lipinski definition) is 7. The Hall–Kier alpha value is -13.2. The first kappa shape index (κ1) is 92.1. The quantitative estimate of drug-likeness (QED) is 0.0349. The number of sulfonamides is 1. The van der Waals surface area contributed by atoms with Crippen molar-refractivity contribution in [2.24, 2.45) is 0 Å². The van der Waals surface area contributed by atoms with Gasteiger partial charge in [0.25, 0.3) is 10.1 Å². The van der Waals surface area contributed by atoms with Gasteiger partial charge in [0.15, 0.2) is 38.1 Å². The number of fused-ring (bicyclic) bond motifs is 5. The Morgan fingerprint density at radius 1 is 0.326 bits per heavy atom. The molecule has 0 unspecified atom stereocenters. The van der Waals surface area contributed by atoms with Crippen LogP contribution < -0.4 is 31.3 Å². The molecule has 39 heteroatoms. The highest BCUT2D eigenvalue weighted by Crippen LogP contribution is 2.38. The number of nitrogens with zero attached hydrogens (tertiary/aromatic N) is 15. The number of para-hydroxylation sites is 2. The van der Waals surface area contributed by atoms with Crippen LogP contribution >= 0.6 is 98.5 Å². The minimum atomic E-state index is -4.23. The maximum atomic E-state index is 14.1. The fourth-order valence-corrected chi connectivity index (χ4v) is 17.5. The Labute approximate surface area is 803 Å². The van der Waals surface area contributed by atoms with E-state index >= 15 is 0 Å². The lowest BCUT2D eigenvalue weighted by atomic mass is 10.1. The van der Waals surface area contributed by atoms with Crippen LogP contribution in [0.15, 0.2) is 361 Å². The number of halogens is 8. The number of aromatic nitrogens is 15. The van der Waals surface area contributed by atoms with Crippen molar-refractivity contribution in [2.75, 3.05) is 39.4 Å². The first-order valence-electron chi connectivity index (χ1n) is 39.7. The van der Waals surface area contributed by atoms with Gasteiger partial charge in [-0.1, -0.05) is 187 Å².